The summed E-state index contributed by atoms with van der Waals surface area (Å²) in [6.45, 7) is 1.92. The van der Waals surface area contributed by atoms with Crippen molar-refractivity contribution < 1.29 is 72.4 Å². The van der Waals surface area contributed by atoms with Crippen molar-refractivity contribution in [3.05, 3.63) is 71.9 Å². The van der Waals surface area contributed by atoms with Gasteiger partial charge >= 0.3 is 5.97 Å². The number of aliphatic hydroxyl groups is 1. The largest absolute Gasteiger partial charge is 0.481 e. The molecule has 0 radical (unpaired) electrons. The number of primary amides is 1. The van der Waals surface area contributed by atoms with E-state index in [-0.39, 0.29) is 122 Å². The second-order valence-corrected chi connectivity index (χ2v) is 25.6. The number of aromatic nitrogens is 1. The summed E-state index contributed by atoms with van der Waals surface area (Å²) in [4.78, 5) is 155. The maximum absolute atomic E-state index is 15.0. The van der Waals surface area contributed by atoms with Crippen molar-refractivity contribution in [3.63, 3.8) is 0 Å². The van der Waals surface area contributed by atoms with Gasteiger partial charge in [0.1, 0.15) is 48.9 Å². The van der Waals surface area contributed by atoms with Crippen molar-refractivity contribution in [1.29, 1.82) is 5.41 Å². The molecular formula is C70H108N14O15. The summed E-state index contributed by atoms with van der Waals surface area (Å²) in [7, 11) is 0. The van der Waals surface area contributed by atoms with Gasteiger partial charge in [-0.1, -0.05) is 133 Å². The summed E-state index contributed by atoms with van der Waals surface area (Å²) in [6, 6.07) is 6.48. The molecule has 29 nitrogen and oxygen atoms in total. The molecule has 0 aliphatic carbocycles. The molecule has 29 heteroatoms. The predicted octanol–water partition coefficient (Wildman–Crippen LogP) is 2.54. The molecule has 3 aromatic rings. The van der Waals surface area contributed by atoms with Crippen LogP contribution < -0.4 is 59.3 Å². The predicted molar refractivity (Wildman–Crippen MR) is 371 cm³/mol. The number of aliphatic hydroxyl groups excluding tert-OH is 1. The average Bonchev–Trinajstić information content (AvgIpc) is 1.71. The van der Waals surface area contributed by atoms with Gasteiger partial charge in [-0.2, -0.15) is 0 Å². The summed E-state index contributed by atoms with van der Waals surface area (Å²) in [5, 5.41) is 53.1. The van der Waals surface area contributed by atoms with E-state index in [1.807, 2.05) is 31.2 Å². The van der Waals surface area contributed by atoms with Gasteiger partial charge in [-0.05, 0) is 75.0 Å². The van der Waals surface area contributed by atoms with Crippen LogP contribution in [0.1, 0.15) is 179 Å². The van der Waals surface area contributed by atoms with E-state index in [1.165, 1.54) is 25.7 Å². The van der Waals surface area contributed by atoms with Crippen molar-refractivity contribution in [2.75, 3.05) is 52.6 Å². The van der Waals surface area contributed by atoms with Crippen LogP contribution in [0.15, 0.2) is 60.8 Å². The highest BCUT2D eigenvalue weighted by Gasteiger charge is 2.43. The van der Waals surface area contributed by atoms with Gasteiger partial charge in [0, 0.05) is 81.8 Å². The number of benzene rings is 2. The average molecular weight is 1390 g/mol. The van der Waals surface area contributed by atoms with Gasteiger partial charge in [0.2, 0.25) is 59.1 Å². The van der Waals surface area contributed by atoms with Crippen LogP contribution in [-0.4, -0.2) is 192 Å². The molecule has 2 saturated heterocycles. The van der Waals surface area contributed by atoms with E-state index in [1.54, 1.807) is 36.5 Å². The number of aliphatic carboxylic acids is 1. The van der Waals surface area contributed by atoms with Crippen LogP contribution in [0.5, 0.6) is 0 Å². The molecule has 8 atom stereocenters. The SMILES string of the molecule is CCCC[C@H](NC(=O)COCCOCCNC(=O)CCCCCCCCCCCCCCC(=O)O)C(=O)N[C@H]1CCC(=O)NCCCC[C@@H](C(N)=O)NC(=O)[C@H](Cc2c[nH]c3ccccc23)NC(=O)[C@H](CCCNC(=N)N)NC(=O)[C@@H](Cc2ccccc2)NC(=O)C2C[C@@H](O)CN2C1=O. The second-order valence-electron chi connectivity index (χ2n) is 25.6. The van der Waals surface area contributed by atoms with Crippen molar-refractivity contribution in [2.24, 2.45) is 11.5 Å². The topological polar surface area (TPSA) is 450 Å². The summed E-state index contributed by atoms with van der Waals surface area (Å²) in [5.41, 5.74) is 13.4. The van der Waals surface area contributed by atoms with Gasteiger partial charge in [0.25, 0.3) is 0 Å². The third-order valence-electron chi connectivity index (χ3n) is 17.5. The molecular weight excluding hydrogens is 1280 g/mol. The highest BCUT2D eigenvalue weighted by molar-refractivity contribution is 5.98. The number of hydrogen-bond acceptors (Lipinski definition) is 15. The molecule has 17 N–H and O–H groups in total. The number of carbonyl (C=O) groups is 11. The number of carboxylic acid groups (broad SMARTS) is 1. The lowest BCUT2D eigenvalue weighted by Crippen LogP contribution is -2.60. The molecule has 3 heterocycles. The van der Waals surface area contributed by atoms with E-state index in [4.69, 9.17) is 31.5 Å². The van der Waals surface area contributed by atoms with Crippen molar-refractivity contribution in [1.82, 2.24) is 57.7 Å². The van der Waals surface area contributed by atoms with Crippen LogP contribution in [0, 0.1) is 5.41 Å². The number of amides is 10. The minimum Gasteiger partial charge on any atom is -0.481 e. The first-order valence-electron chi connectivity index (χ1n) is 35.4. The first-order valence-corrected chi connectivity index (χ1v) is 35.4. The van der Waals surface area contributed by atoms with Gasteiger partial charge < -0.3 is 88.9 Å². The molecule has 1 unspecified atom stereocenters. The number of H-pyrrole nitrogens is 1. The zero-order chi connectivity index (χ0) is 71.7. The molecule has 5 rings (SSSR count). The van der Waals surface area contributed by atoms with Gasteiger partial charge in [0.05, 0.1) is 25.9 Å². The smallest absolute Gasteiger partial charge is 0.303 e. The van der Waals surface area contributed by atoms with E-state index in [9.17, 15) is 57.8 Å². The Kier molecular flexibility index (Phi) is 37.5. The maximum atomic E-state index is 15.0. The molecule has 0 saturated carbocycles. The number of nitrogens with one attached hydrogen (secondary N) is 11. The normalized spacial score (nSPS) is 20.4. The first kappa shape index (κ1) is 81.0. The zero-order valence-electron chi connectivity index (χ0n) is 57.4. The molecule has 1 aromatic heterocycles. The molecule has 2 aliphatic rings. The van der Waals surface area contributed by atoms with Gasteiger partial charge in [-0.3, -0.25) is 58.1 Å². The Morgan fingerprint density at radius 2 is 1.30 bits per heavy atom. The van der Waals surface area contributed by atoms with E-state index >= 15 is 0 Å². The van der Waals surface area contributed by atoms with Crippen LogP contribution in [0.2, 0.25) is 0 Å². The lowest BCUT2D eigenvalue weighted by Gasteiger charge is -2.31. The standard InChI is InChI=1S/C70H108N14O15/c1-2-3-27-53(78-61(88)46-99-40-39-98-38-37-75-59(86)31-17-12-10-8-6-4-5-7-9-11-13-18-32-62(89)90)64(92)81-55-33-34-60(87)74-35-22-21-29-52(63(71)91)79-67(95)57(42-48-44-77-51-28-20-19-26-50(48)51)82-65(93)54(30-23-36-76-70(72)73)80-66(94)56(41-47-24-15-14-16-25-47)83-68(96)58-43-49(85)45-84(58)69(55)97/h14-16,19-20,24-26,28,44,49,52-58,77,85H,2-13,17-18,21-23,27,29-43,45-46H2,1H3,(H2,71,91)(H,74,87)(H,75,86)(H,78,88)(H,79,95)(H,80,94)(H,81,92)(H,82,93)(H,83,96)(H,89,90)(H4,72,73,76)/t49-,52+,53+,54+,55+,56-,57+,58?/m1/s1. The highest BCUT2D eigenvalue weighted by atomic mass is 16.5. The Morgan fingerprint density at radius 1 is 0.677 bits per heavy atom. The Morgan fingerprint density at radius 3 is 1.99 bits per heavy atom. The third-order valence-corrected chi connectivity index (χ3v) is 17.5. The van der Waals surface area contributed by atoms with Gasteiger partial charge in [-0.25, -0.2) is 0 Å². The fourth-order valence-corrected chi connectivity index (χ4v) is 12.0. The molecule has 2 fully saturated rings. The van der Waals surface area contributed by atoms with Crippen LogP contribution in [-0.2, 0) is 75.1 Å². The quantitative estimate of drug-likeness (QED) is 0.0223. The third kappa shape index (κ3) is 31.4. The number of ether oxygens (including phenoxy) is 2. The Balaban J connectivity index is 1.24. The van der Waals surface area contributed by atoms with Crippen LogP contribution in [0.3, 0.4) is 0 Å². The molecule has 2 aliphatic heterocycles. The molecule has 0 spiro atoms. The molecule has 10 amide bonds. The summed E-state index contributed by atoms with van der Waals surface area (Å²) < 4.78 is 11.2. The zero-order valence-corrected chi connectivity index (χ0v) is 57.4. The highest BCUT2D eigenvalue weighted by Crippen LogP contribution is 2.23. The minimum atomic E-state index is -1.49. The van der Waals surface area contributed by atoms with E-state index in [0.29, 0.717) is 43.4 Å². The molecule has 2 aromatic carbocycles. The van der Waals surface area contributed by atoms with Gasteiger partial charge in [0.15, 0.2) is 5.96 Å². The number of nitrogens with zero attached hydrogens (tertiary/aromatic N) is 1. The summed E-state index contributed by atoms with van der Waals surface area (Å²) >= 11 is 0. The fourth-order valence-electron chi connectivity index (χ4n) is 12.0. The summed E-state index contributed by atoms with van der Waals surface area (Å²) in [5.74, 6) is -8.04. The number of nitrogens with two attached hydrogens (primary N) is 2. The van der Waals surface area contributed by atoms with Crippen molar-refractivity contribution in [2.45, 2.75) is 229 Å². The van der Waals surface area contributed by atoms with Gasteiger partial charge in [-0.15, -0.1) is 0 Å². The number of unbranched alkanes of at least 4 members (excludes halogenated alkanes) is 12. The fraction of sp³-hybridized carbons (Fsp3) is 0.629. The number of para-hydroxylation sites is 1. The Hall–Kier alpha value is -8.70. The lowest BCUT2D eigenvalue weighted by atomic mass is 10.0. The van der Waals surface area contributed by atoms with Crippen LogP contribution in [0.25, 0.3) is 10.9 Å². The summed E-state index contributed by atoms with van der Waals surface area (Å²) in [6.07, 6.45) is 14.6. The number of carbonyl (C=O) groups excluding carboxylic acids is 10. The molecule has 0 bridgehead atoms. The monoisotopic (exact) mass is 1380 g/mol. The number of fused-ring (bicyclic) bond motifs is 2. The number of rotatable bonds is 38. The lowest BCUT2D eigenvalue weighted by molar-refractivity contribution is -0.143. The van der Waals surface area contributed by atoms with E-state index in [2.05, 4.69) is 52.8 Å². The van der Waals surface area contributed by atoms with Crippen molar-refractivity contribution in [3.8, 4) is 0 Å². The molecule has 548 valence electrons. The molecule has 99 heavy (non-hydrogen) atoms. The minimum absolute atomic E-state index is 0.0213. The van der Waals surface area contributed by atoms with Crippen molar-refractivity contribution >= 4 is 81.9 Å². The van der Waals surface area contributed by atoms with Crippen LogP contribution in [0.4, 0.5) is 0 Å². The number of hydrogen-bond donors (Lipinski definition) is 15. The van der Waals surface area contributed by atoms with E-state index < -0.39 is 114 Å². The second kappa shape index (κ2) is 45.8. The number of guanidine groups is 1. The first-order chi connectivity index (χ1) is 47.7. The van der Waals surface area contributed by atoms with Crippen LogP contribution >= 0.6 is 0 Å². The maximum Gasteiger partial charge on any atom is 0.303 e. The number of aromatic amines is 1. The van der Waals surface area contributed by atoms with E-state index in [0.717, 1.165) is 67.2 Å². The Bertz CT molecular complexity index is 3060. The number of carboxylic acids is 1. The Labute approximate surface area is 579 Å².